The van der Waals surface area contributed by atoms with Gasteiger partial charge in [0.05, 0.1) is 28.8 Å². The molecule has 3 aromatic carbocycles. The normalized spacial score (nSPS) is 15.3. The first-order valence-electron chi connectivity index (χ1n) is 10.4. The van der Waals surface area contributed by atoms with E-state index in [-0.39, 0.29) is 44.8 Å². The van der Waals surface area contributed by atoms with Crippen molar-refractivity contribution in [1.82, 2.24) is 0 Å². The van der Waals surface area contributed by atoms with E-state index in [2.05, 4.69) is 0 Å². The standard InChI is InChI=1S/C25H20ClF2NO5S/c1-15-17(13-30)10-16-6-7-18(34-14-20-21(26)4-3-5-22(20)27)11-24(16)29(15)35(31,32)19-8-9-23(28)25(12-19)33-2/h3-13,15H,14H2,1-2H3/t15-/m1/s1. The first kappa shape index (κ1) is 24.7. The maximum atomic E-state index is 14.1. The Balaban J connectivity index is 1.77. The van der Waals surface area contributed by atoms with Gasteiger partial charge in [0.25, 0.3) is 10.0 Å². The molecule has 0 saturated carbocycles. The number of carbonyl (C=O) groups excluding carboxylic acids is 1. The number of fused-ring (bicyclic) bond motifs is 1. The van der Waals surface area contributed by atoms with Gasteiger partial charge < -0.3 is 9.47 Å². The molecule has 1 heterocycles. The second kappa shape index (κ2) is 9.67. The van der Waals surface area contributed by atoms with Crippen molar-refractivity contribution in [2.45, 2.75) is 24.5 Å². The van der Waals surface area contributed by atoms with Crippen molar-refractivity contribution in [2.75, 3.05) is 11.4 Å². The quantitative estimate of drug-likeness (QED) is 0.392. The van der Waals surface area contributed by atoms with E-state index in [1.165, 1.54) is 31.4 Å². The summed E-state index contributed by atoms with van der Waals surface area (Å²) in [5.74, 6) is -1.22. The minimum Gasteiger partial charge on any atom is -0.494 e. The van der Waals surface area contributed by atoms with Crippen LogP contribution in [0.15, 0.2) is 65.1 Å². The first-order valence-corrected chi connectivity index (χ1v) is 12.2. The number of ether oxygens (including phenoxy) is 2. The second-order valence-electron chi connectivity index (χ2n) is 7.74. The summed E-state index contributed by atoms with van der Waals surface area (Å²) in [6, 6.07) is 11.3. The SMILES string of the molecule is COc1cc(S(=O)(=O)N2c3cc(OCc4c(F)cccc4Cl)ccc3C=C(C=O)[C@H]2C)ccc1F. The number of rotatable bonds is 7. The van der Waals surface area contributed by atoms with Gasteiger partial charge in [0.15, 0.2) is 11.6 Å². The predicted molar refractivity (Wildman–Crippen MR) is 128 cm³/mol. The van der Waals surface area contributed by atoms with Gasteiger partial charge in [-0.25, -0.2) is 17.2 Å². The second-order valence-corrected chi connectivity index (χ2v) is 9.97. The summed E-state index contributed by atoms with van der Waals surface area (Å²) < 4.78 is 67.1. The van der Waals surface area contributed by atoms with Crippen molar-refractivity contribution in [1.29, 1.82) is 0 Å². The molecule has 0 unspecified atom stereocenters. The van der Waals surface area contributed by atoms with Crippen LogP contribution in [-0.4, -0.2) is 27.9 Å². The number of carbonyl (C=O) groups is 1. The van der Waals surface area contributed by atoms with Gasteiger partial charge in [-0.3, -0.25) is 9.10 Å². The molecule has 1 aliphatic rings. The molecule has 1 aliphatic heterocycles. The molecule has 3 aromatic rings. The van der Waals surface area contributed by atoms with Crippen LogP contribution >= 0.6 is 11.6 Å². The number of anilines is 1. The third-order valence-corrected chi connectivity index (χ3v) is 7.89. The van der Waals surface area contributed by atoms with Crippen LogP contribution in [0.3, 0.4) is 0 Å². The Hall–Kier alpha value is -3.43. The van der Waals surface area contributed by atoms with E-state index in [9.17, 15) is 22.0 Å². The molecule has 0 N–H and O–H groups in total. The summed E-state index contributed by atoms with van der Waals surface area (Å²) in [7, 11) is -3.04. The van der Waals surface area contributed by atoms with Gasteiger partial charge in [-0.05, 0) is 55.0 Å². The number of sulfonamides is 1. The number of aldehydes is 1. The molecule has 4 rings (SSSR count). The summed E-state index contributed by atoms with van der Waals surface area (Å²) >= 11 is 6.06. The van der Waals surface area contributed by atoms with Crippen molar-refractivity contribution < 1.29 is 31.5 Å². The van der Waals surface area contributed by atoms with Crippen LogP contribution in [0.2, 0.25) is 5.02 Å². The van der Waals surface area contributed by atoms with Crippen LogP contribution < -0.4 is 13.8 Å². The van der Waals surface area contributed by atoms with Crippen LogP contribution in [0.4, 0.5) is 14.5 Å². The molecule has 6 nitrogen and oxygen atoms in total. The predicted octanol–water partition coefficient (Wildman–Crippen LogP) is 5.39. The zero-order valence-corrected chi connectivity index (χ0v) is 20.2. The van der Waals surface area contributed by atoms with Crippen LogP contribution in [0, 0.1) is 11.6 Å². The van der Waals surface area contributed by atoms with Gasteiger partial charge in [-0.1, -0.05) is 17.7 Å². The summed E-state index contributed by atoms with van der Waals surface area (Å²) in [6.45, 7) is 1.38. The van der Waals surface area contributed by atoms with Gasteiger partial charge in [-0.2, -0.15) is 0 Å². The van der Waals surface area contributed by atoms with Crippen LogP contribution in [0.25, 0.3) is 6.08 Å². The van der Waals surface area contributed by atoms with E-state index < -0.39 is 27.7 Å². The number of benzene rings is 3. The van der Waals surface area contributed by atoms with Gasteiger partial charge in [0, 0.05) is 23.3 Å². The van der Waals surface area contributed by atoms with E-state index in [1.807, 2.05) is 0 Å². The van der Waals surface area contributed by atoms with Gasteiger partial charge in [-0.15, -0.1) is 0 Å². The lowest BCUT2D eigenvalue weighted by atomic mass is 9.99. The van der Waals surface area contributed by atoms with Crippen LogP contribution in [0.5, 0.6) is 11.5 Å². The highest BCUT2D eigenvalue weighted by molar-refractivity contribution is 7.92. The van der Waals surface area contributed by atoms with Crippen molar-refractivity contribution in [3.8, 4) is 11.5 Å². The fourth-order valence-corrected chi connectivity index (χ4v) is 5.68. The maximum Gasteiger partial charge on any atom is 0.265 e. The first-order chi connectivity index (χ1) is 16.7. The monoisotopic (exact) mass is 519 g/mol. The molecule has 0 aliphatic carbocycles. The molecule has 0 spiro atoms. The third kappa shape index (κ3) is 4.61. The topological polar surface area (TPSA) is 72.9 Å². The zero-order chi connectivity index (χ0) is 25.3. The van der Waals surface area contributed by atoms with E-state index in [1.54, 1.807) is 25.1 Å². The summed E-state index contributed by atoms with van der Waals surface area (Å²) in [5, 5.41) is 0.199. The van der Waals surface area contributed by atoms with Crippen LogP contribution in [0.1, 0.15) is 18.1 Å². The molecule has 0 fully saturated rings. The molecule has 35 heavy (non-hydrogen) atoms. The Labute approximate surface area is 206 Å². The highest BCUT2D eigenvalue weighted by Crippen LogP contribution is 2.39. The lowest BCUT2D eigenvalue weighted by Gasteiger charge is -2.35. The molecule has 0 radical (unpaired) electrons. The molecule has 182 valence electrons. The number of methoxy groups -OCH3 is 1. The molecule has 0 saturated heterocycles. The summed E-state index contributed by atoms with van der Waals surface area (Å²) in [5.41, 5.74) is 1.09. The lowest BCUT2D eigenvalue weighted by Crippen LogP contribution is -2.42. The van der Waals surface area contributed by atoms with Crippen LogP contribution in [-0.2, 0) is 21.4 Å². The zero-order valence-electron chi connectivity index (χ0n) is 18.7. The Morgan fingerprint density at radius 3 is 2.54 bits per heavy atom. The smallest absolute Gasteiger partial charge is 0.265 e. The molecule has 10 heteroatoms. The molecule has 0 bridgehead atoms. The van der Waals surface area contributed by atoms with E-state index >= 15 is 0 Å². The molecular formula is C25H20ClF2NO5S. The van der Waals surface area contributed by atoms with Crippen molar-refractivity contribution in [3.05, 3.63) is 88.0 Å². The van der Waals surface area contributed by atoms with E-state index in [0.29, 0.717) is 11.8 Å². The average Bonchev–Trinajstić information content (AvgIpc) is 2.83. The molecule has 0 aromatic heterocycles. The maximum absolute atomic E-state index is 14.1. The molecule has 1 atom stereocenters. The minimum atomic E-state index is -4.26. The van der Waals surface area contributed by atoms with Gasteiger partial charge >= 0.3 is 0 Å². The fraction of sp³-hybridized carbons (Fsp3) is 0.160. The van der Waals surface area contributed by atoms with Crippen molar-refractivity contribution in [3.63, 3.8) is 0 Å². The third-order valence-electron chi connectivity index (χ3n) is 5.66. The Bertz CT molecular complexity index is 1420. The summed E-state index contributed by atoms with van der Waals surface area (Å²) in [4.78, 5) is 11.5. The number of halogens is 3. The molecule has 0 amide bonds. The Kier molecular flexibility index (Phi) is 6.82. The minimum absolute atomic E-state index is 0.159. The largest absolute Gasteiger partial charge is 0.494 e. The Morgan fingerprint density at radius 2 is 1.86 bits per heavy atom. The Morgan fingerprint density at radius 1 is 1.09 bits per heavy atom. The van der Waals surface area contributed by atoms with Gasteiger partial charge in [0.1, 0.15) is 24.5 Å². The highest BCUT2D eigenvalue weighted by atomic mass is 35.5. The lowest BCUT2D eigenvalue weighted by molar-refractivity contribution is -0.105. The van der Waals surface area contributed by atoms with Gasteiger partial charge in [0.2, 0.25) is 0 Å². The van der Waals surface area contributed by atoms with Crippen molar-refractivity contribution >= 4 is 39.7 Å². The number of hydrogen-bond donors (Lipinski definition) is 0. The average molecular weight is 520 g/mol. The number of hydrogen-bond acceptors (Lipinski definition) is 5. The van der Waals surface area contributed by atoms with Crippen molar-refractivity contribution in [2.24, 2.45) is 0 Å². The van der Waals surface area contributed by atoms with E-state index in [0.717, 1.165) is 22.5 Å². The highest BCUT2D eigenvalue weighted by Gasteiger charge is 2.36. The fourth-order valence-electron chi connectivity index (χ4n) is 3.78. The number of nitrogens with zero attached hydrogens (tertiary/aromatic N) is 1. The van der Waals surface area contributed by atoms with E-state index in [4.69, 9.17) is 21.1 Å². The molecular weight excluding hydrogens is 500 g/mol. The summed E-state index contributed by atoms with van der Waals surface area (Å²) in [6.07, 6.45) is 2.17.